The van der Waals surface area contributed by atoms with E-state index in [9.17, 15) is 4.39 Å². The molecule has 3 aromatic heterocycles. The van der Waals surface area contributed by atoms with Gasteiger partial charge in [0.05, 0.1) is 37.2 Å². The Balaban J connectivity index is 1.65. The molecule has 1 fully saturated rings. The van der Waals surface area contributed by atoms with Gasteiger partial charge in [0.1, 0.15) is 5.82 Å². The minimum Gasteiger partial charge on any atom is -0.377 e. The Bertz CT molecular complexity index is 1040. The van der Waals surface area contributed by atoms with Crippen LogP contribution >= 0.6 is 0 Å². The van der Waals surface area contributed by atoms with Crippen LogP contribution in [0.4, 0.5) is 28.1 Å². The van der Waals surface area contributed by atoms with Gasteiger partial charge in [0.2, 0.25) is 17.8 Å². The quantitative estimate of drug-likeness (QED) is 0.538. The van der Waals surface area contributed by atoms with Crippen LogP contribution in [0.5, 0.6) is 0 Å². The average molecular weight is 428 g/mol. The topological polar surface area (TPSA) is 130 Å². The van der Waals surface area contributed by atoms with Gasteiger partial charge in [-0.25, -0.2) is 14.4 Å². The molecule has 0 unspecified atom stereocenters. The third kappa shape index (κ3) is 4.85. The monoisotopic (exact) mass is 428 g/mol. The predicted molar refractivity (Wildman–Crippen MR) is 113 cm³/mol. The zero-order valence-electron chi connectivity index (χ0n) is 17.8. The fourth-order valence-electron chi connectivity index (χ4n) is 3.24. The van der Waals surface area contributed by atoms with Crippen molar-refractivity contribution in [3.05, 3.63) is 35.8 Å². The van der Waals surface area contributed by atoms with Crippen molar-refractivity contribution < 1.29 is 9.13 Å². The number of ether oxygens (including phenoxy) is 1. The summed E-state index contributed by atoms with van der Waals surface area (Å²) in [5, 5.41) is 13.4. The van der Waals surface area contributed by atoms with Gasteiger partial charge >= 0.3 is 0 Å². The Morgan fingerprint density at radius 3 is 2.61 bits per heavy atom. The van der Waals surface area contributed by atoms with Crippen LogP contribution in [0.3, 0.4) is 0 Å². The number of hydrogen-bond acceptors (Lipinski definition) is 10. The minimum atomic E-state index is -0.492. The predicted octanol–water partition coefficient (Wildman–Crippen LogP) is 2.36. The molecule has 0 amide bonds. The molecule has 3 aromatic rings. The highest BCUT2D eigenvalue weighted by atomic mass is 19.1. The van der Waals surface area contributed by atoms with Crippen molar-refractivity contribution in [3.8, 4) is 0 Å². The number of anilines is 4. The molecule has 4 heterocycles. The highest BCUT2D eigenvalue weighted by Crippen LogP contribution is 2.27. The molecule has 0 aromatic carbocycles. The van der Waals surface area contributed by atoms with Crippen molar-refractivity contribution in [1.29, 1.82) is 0 Å². The molecule has 31 heavy (non-hydrogen) atoms. The molecule has 1 aliphatic rings. The van der Waals surface area contributed by atoms with E-state index in [-0.39, 0.29) is 11.6 Å². The SMILES string of the molecule is Cc1cc(Nc2nc(N[C@@H](C)c3ncc(F)cn3)nc(N3CCOCC3(C)C)n2)n[nH]1. The molecule has 11 nitrogen and oxygen atoms in total. The Morgan fingerprint density at radius 2 is 1.94 bits per heavy atom. The van der Waals surface area contributed by atoms with E-state index in [4.69, 9.17) is 4.74 Å². The van der Waals surface area contributed by atoms with Crippen LogP contribution in [-0.4, -0.2) is 60.4 Å². The number of nitrogens with one attached hydrogen (secondary N) is 3. The maximum atomic E-state index is 13.2. The second-order valence-corrected chi connectivity index (χ2v) is 7.99. The third-order valence-electron chi connectivity index (χ3n) is 4.83. The smallest absolute Gasteiger partial charge is 0.235 e. The van der Waals surface area contributed by atoms with Crippen LogP contribution in [0.1, 0.15) is 38.3 Å². The lowest BCUT2D eigenvalue weighted by molar-refractivity contribution is 0.0634. The normalized spacial score (nSPS) is 16.7. The van der Waals surface area contributed by atoms with Crippen molar-refractivity contribution >= 4 is 23.7 Å². The van der Waals surface area contributed by atoms with Crippen LogP contribution in [0, 0.1) is 12.7 Å². The minimum absolute atomic E-state index is 0.289. The number of halogens is 1. The number of aromatic amines is 1. The molecule has 0 bridgehead atoms. The van der Waals surface area contributed by atoms with Gasteiger partial charge in [-0.3, -0.25) is 5.10 Å². The maximum absolute atomic E-state index is 13.2. The summed E-state index contributed by atoms with van der Waals surface area (Å²) in [6, 6.07) is 1.50. The van der Waals surface area contributed by atoms with Crippen LogP contribution in [0.25, 0.3) is 0 Å². The van der Waals surface area contributed by atoms with Gasteiger partial charge < -0.3 is 20.3 Å². The molecule has 3 N–H and O–H groups in total. The molecule has 1 saturated heterocycles. The third-order valence-corrected chi connectivity index (χ3v) is 4.83. The fraction of sp³-hybridized carbons (Fsp3) is 0.474. The first-order valence-corrected chi connectivity index (χ1v) is 9.95. The van der Waals surface area contributed by atoms with E-state index < -0.39 is 5.82 Å². The molecular formula is C19H25FN10O. The molecule has 0 aliphatic carbocycles. The summed E-state index contributed by atoms with van der Waals surface area (Å²) in [7, 11) is 0. The van der Waals surface area contributed by atoms with Crippen LogP contribution < -0.4 is 15.5 Å². The first-order valence-electron chi connectivity index (χ1n) is 9.95. The number of nitrogens with zero attached hydrogens (tertiary/aromatic N) is 7. The van der Waals surface area contributed by atoms with E-state index in [0.717, 1.165) is 18.1 Å². The lowest BCUT2D eigenvalue weighted by Crippen LogP contribution is -2.54. The highest BCUT2D eigenvalue weighted by Gasteiger charge is 2.33. The Labute approximate surface area is 178 Å². The van der Waals surface area contributed by atoms with Gasteiger partial charge in [0, 0.05) is 18.3 Å². The van der Waals surface area contributed by atoms with Crippen molar-refractivity contribution in [1.82, 2.24) is 35.1 Å². The second-order valence-electron chi connectivity index (χ2n) is 7.99. The summed E-state index contributed by atoms with van der Waals surface area (Å²) in [6.45, 7) is 9.68. The van der Waals surface area contributed by atoms with Gasteiger partial charge in [-0.2, -0.15) is 20.1 Å². The summed E-state index contributed by atoms with van der Waals surface area (Å²) in [5.74, 6) is 1.71. The zero-order valence-corrected chi connectivity index (χ0v) is 17.8. The number of H-pyrrole nitrogens is 1. The lowest BCUT2D eigenvalue weighted by atomic mass is 10.0. The summed E-state index contributed by atoms with van der Waals surface area (Å²) >= 11 is 0. The molecule has 0 saturated carbocycles. The molecule has 12 heteroatoms. The highest BCUT2D eigenvalue weighted by molar-refractivity contribution is 5.53. The number of aromatic nitrogens is 7. The zero-order chi connectivity index (χ0) is 22.0. The van der Waals surface area contributed by atoms with E-state index in [2.05, 4.69) is 64.5 Å². The molecular weight excluding hydrogens is 403 g/mol. The van der Waals surface area contributed by atoms with Crippen LogP contribution in [0.15, 0.2) is 18.5 Å². The van der Waals surface area contributed by atoms with Gasteiger partial charge in [-0.15, -0.1) is 0 Å². The van der Waals surface area contributed by atoms with Gasteiger partial charge in [0.25, 0.3) is 0 Å². The number of morpholine rings is 1. The standard InChI is InChI=1S/C19H25FN10O/c1-11-7-14(29-28-11)24-17-25-16(23-12(2)15-21-8-13(20)9-22-15)26-18(27-17)30-5-6-31-10-19(30,3)4/h7-9,12H,5-6,10H2,1-4H3,(H3,23,24,25,26,27,28,29)/t12-/m0/s1. The van der Waals surface area contributed by atoms with Crippen molar-refractivity contribution in [2.45, 2.75) is 39.3 Å². The van der Waals surface area contributed by atoms with Crippen molar-refractivity contribution in [3.63, 3.8) is 0 Å². The Kier molecular flexibility index (Phi) is 5.63. The molecule has 0 spiro atoms. The molecule has 164 valence electrons. The lowest BCUT2D eigenvalue weighted by Gasteiger charge is -2.42. The molecule has 1 aliphatic heterocycles. The first kappa shape index (κ1) is 20.8. The Morgan fingerprint density at radius 1 is 1.19 bits per heavy atom. The molecule has 0 radical (unpaired) electrons. The van der Waals surface area contributed by atoms with E-state index in [1.54, 1.807) is 0 Å². The van der Waals surface area contributed by atoms with Crippen molar-refractivity contribution in [2.24, 2.45) is 0 Å². The van der Waals surface area contributed by atoms with E-state index >= 15 is 0 Å². The maximum Gasteiger partial charge on any atom is 0.235 e. The number of hydrogen-bond donors (Lipinski definition) is 3. The van der Waals surface area contributed by atoms with E-state index in [1.807, 2.05) is 19.9 Å². The summed E-state index contributed by atoms with van der Waals surface area (Å²) < 4.78 is 18.8. The molecule has 4 rings (SSSR count). The number of rotatable bonds is 6. The van der Waals surface area contributed by atoms with Gasteiger partial charge in [-0.05, 0) is 27.7 Å². The largest absolute Gasteiger partial charge is 0.377 e. The van der Waals surface area contributed by atoms with Gasteiger partial charge in [0.15, 0.2) is 11.6 Å². The molecule has 1 atom stereocenters. The average Bonchev–Trinajstić information content (AvgIpc) is 3.12. The fourth-order valence-corrected chi connectivity index (χ4v) is 3.24. The number of aryl methyl sites for hydroxylation is 1. The van der Waals surface area contributed by atoms with Crippen LogP contribution in [-0.2, 0) is 4.74 Å². The first-order chi connectivity index (χ1) is 14.8. The van der Waals surface area contributed by atoms with Crippen LogP contribution in [0.2, 0.25) is 0 Å². The van der Waals surface area contributed by atoms with E-state index in [0.29, 0.717) is 49.2 Å². The van der Waals surface area contributed by atoms with Gasteiger partial charge in [-0.1, -0.05) is 0 Å². The summed E-state index contributed by atoms with van der Waals surface area (Å²) in [4.78, 5) is 23.8. The summed E-state index contributed by atoms with van der Waals surface area (Å²) in [6.07, 6.45) is 2.25. The Hall–Kier alpha value is -3.41. The van der Waals surface area contributed by atoms with E-state index in [1.165, 1.54) is 0 Å². The second kappa shape index (κ2) is 8.38. The van der Waals surface area contributed by atoms with Crippen molar-refractivity contribution in [2.75, 3.05) is 35.3 Å². The summed E-state index contributed by atoms with van der Waals surface area (Å²) in [5.41, 5.74) is 0.620.